The summed E-state index contributed by atoms with van der Waals surface area (Å²) in [4.78, 5) is 7.64. The van der Waals surface area contributed by atoms with Gasteiger partial charge in [0.15, 0.2) is 5.84 Å². The van der Waals surface area contributed by atoms with Gasteiger partial charge in [0.1, 0.15) is 11.9 Å². The highest BCUT2D eigenvalue weighted by molar-refractivity contribution is 6.45. The van der Waals surface area contributed by atoms with E-state index in [-0.39, 0.29) is 11.5 Å². The van der Waals surface area contributed by atoms with Crippen molar-refractivity contribution in [3.63, 3.8) is 0 Å². The fraction of sp³-hybridized carbons (Fsp3) is 0.143. The molecule has 1 aromatic heterocycles. The van der Waals surface area contributed by atoms with E-state index in [0.29, 0.717) is 5.69 Å². The van der Waals surface area contributed by atoms with E-state index in [1.54, 1.807) is 12.1 Å². The van der Waals surface area contributed by atoms with Gasteiger partial charge in [-0.25, -0.2) is 4.98 Å². The Balaban J connectivity index is 2.26. The molecule has 0 spiro atoms. The molecule has 0 bridgehead atoms. The molecule has 21 heavy (non-hydrogen) atoms. The van der Waals surface area contributed by atoms with Crippen molar-refractivity contribution < 1.29 is 0 Å². The third-order valence-corrected chi connectivity index (χ3v) is 2.92. The highest BCUT2D eigenvalue weighted by Gasteiger charge is 2.06. The first-order valence-corrected chi connectivity index (χ1v) is 6.23. The van der Waals surface area contributed by atoms with Crippen LogP contribution in [0.2, 0.25) is 0 Å². The van der Waals surface area contributed by atoms with Crippen LogP contribution >= 0.6 is 0 Å². The number of anilines is 1. The number of aryl methyl sites for hydroxylation is 2. The molecule has 0 saturated carbocycles. The molecule has 1 aromatic carbocycles. The first-order chi connectivity index (χ1) is 10.0. The summed E-state index contributed by atoms with van der Waals surface area (Å²) in [6.45, 7) is 3.90. The summed E-state index contributed by atoms with van der Waals surface area (Å²) < 4.78 is 0. The molecule has 2 aromatic rings. The highest BCUT2D eigenvalue weighted by atomic mass is 15.3. The van der Waals surface area contributed by atoms with Crippen LogP contribution in [-0.2, 0) is 0 Å². The second-order valence-corrected chi connectivity index (χ2v) is 4.47. The molecule has 0 unspecified atom stereocenters. The second-order valence-electron chi connectivity index (χ2n) is 4.47. The number of nitrogens with zero attached hydrogens (tertiary/aromatic N) is 3. The van der Waals surface area contributed by atoms with E-state index in [9.17, 15) is 0 Å². The molecule has 0 saturated heterocycles. The summed E-state index contributed by atoms with van der Waals surface area (Å²) in [6, 6.07) is 9.16. The molecule has 1 heterocycles. The number of hydrazone groups is 1. The van der Waals surface area contributed by atoms with E-state index >= 15 is 0 Å². The van der Waals surface area contributed by atoms with Gasteiger partial charge in [0.25, 0.3) is 0 Å². The van der Waals surface area contributed by atoms with Gasteiger partial charge in [0.2, 0.25) is 5.71 Å². The molecule has 0 radical (unpaired) electrons. The van der Waals surface area contributed by atoms with E-state index < -0.39 is 0 Å². The number of imidazole rings is 1. The number of nitrogens with two attached hydrogens (primary N) is 1. The third-order valence-electron chi connectivity index (χ3n) is 2.92. The monoisotopic (exact) mass is 281 g/mol. The van der Waals surface area contributed by atoms with Gasteiger partial charge in [-0.3, -0.25) is 10.8 Å². The maximum Gasteiger partial charge on any atom is 0.201 e. The van der Waals surface area contributed by atoms with Crippen molar-refractivity contribution in [3.8, 4) is 17.5 Å². The van der Waals surface area contributed by atoms with Crippen molar-refractivity contribution in [2.24, 2.45) is 10.8 Å². The summed E-state index contributed by atoms with van der Waals surface area (Å²) in [5.41, 5.74) is 11.3. The molecule has 2 rings (SSSR count). The zero-order chi connectivity index (χ0) is 15.4. The molecular weight excluding hydrogens is 266 g/mol. The number of hydrogen-bond donors (Lipinski definition) is 4. The number of hydrogen-bond acceptors (Lipinski definition) is 5. The van der Waals surface area contributed by atoms with Crippen LogP contribution in [0.4, 0.5) is 5.69 Å². The number of aromatic amines is 1. The first-order valence-electron chi connectivity index (χ1n) is 6.23. The molecule has 5 N–H and O–H groups in total. The number of amidine groups is 1. The fourth-order valence-corrected chi connectivity index (χ4v) is 1.69. The van der Waals surface area contributed by atoms with Crippen LogP contribution in [0.3, 0.4) is 0 Å². The molecule has 7 nitrogen and oxygen atoms in total. The predicted octanol–water partition coefficient (Wildman–Crippen LogP) is 1.92. The largest absolute Gasteiger partial charge is 0.382 e. The summed E-state index contributed by atoms with van der Waals surface area (Å²) in [5.74, 6) is 0.392. The molecule has 0 aliphatic carbocycles. The Morgan fingerprint density at radius 1 is 1.48 bits per heavy atom. The van der Waals surface area contributed by atoms with Gasteiger partial charge in [-0.2, -0.15) is 10.4 Å². The molecule has 7 heteroatoms. The Hall–Kier alpha value is -3.14. The average molecular weight is 281 g/mol. The first kappa shape index (κ1) is 14.3. The van der Waals surface area contributed by atoms with E-state index in [1.165, 1.54) is 0 Å². The zero-order valence-corrected chi connectivity index (χ0v) is 11.7. The van der Waals surface area contributed by atoms with Crippen molar-refractivity contribution >= 4 is 17.2 Å². The number of H-pyrrole nitrogens is 1. The van der Waals surface area contributed by atoms with Crippen LogP contribution in [0.25, 0.3) is 11.4 Å². The van der Waals surface area contributed by atoms with Crippen LogP contribution in [0, 0.1) is 30.6 Å². The molecule has 106 valence electrons. The summed E-state index contributed by atoms with van der Waals surface area (Å²) >= 11 is 0. The Morgan fingerprint density at radius 2 is 2.24 bits per heavy atom. The molecule has 0 fully saturated rings. The van der Waals surface area contributed by atoms with E-state index in [1.807, 2.05) is 32.0 Å². The van der Waals surface area contributed by atoms with E-state index in [0.717, 1.165) is 22.8 Å². The molecular formula is C14H15N7. The lowest BCUT2D eigenvalue weighted by Crippen LogP contribution is -2.21. The zero-order valence-electron chi connectivity index (χ0n) is 11.7. The van der Waals surface area contributed by atoms with Crippen LogP contribution in [0.15, 0.2) is 29.4 Å². The smallest absolute Gasteiger partial charge is 0.201 e. The summed E-state index contributed by atoms with van der Waals surface area (Å²) in [5, 5.41) is 19.8. The number of benzene rings is 1. The maximum absolute atomic E-state index is 8.78. The molecule has 0 aliphatic heterocycles. The molecule has 0 amide bonds. The molecule has 0 atom stereocenters. The van der Waals surface area contributed by atoms with Gasteiger partial charge < -0.3 is 10.7 Å². The van der Waals surface area contributed by atoms with Crippen molar-refractivity contribution in [2.45, 2.75) is 13.8 Å². The van der Waals surface area contributed by atoms with Crippen LogP contribution < -0.4 is 11.2 Å². The normalized spacial score (nSPS) is 11.0. The summed E-state index contributed by atoms with van der Waals surface area (Å²) in [6.07, 6.45) is 0. The number of aromatic nitrogens is 2. The SMILES string of the molecule is Cc1nc(-c2cccc(N/N=C(\C#N)C(=N)N)c2)[nH]c1C. The van der Waals surface area contributed by atoms with Gasteiger partial charge in [0.05, 0.1) is 11.4 Å². The van der Waals surface area contributed by atoms with Crippen molar-refractivity contribution in [1.29, 1.82) is 10.7 Å². The van der Waals surface area contributed by atoms with E-state index in [2.05, 4.69) is 20.5 Å². The molecule has 0 aliphatic rings. The lowest BCUT2D eigenvalue weighted by molar-refractivity contribution is 1.22. The van der Waals surface area contributed by atoms with Crippen LogP contribution in [0.5, 0.6) is 0 Å². The van der Waals surface area contributed by atoms with Crippen molar-refractivity contribution in [1.82, 2.24) is 9.97 Å². The number of nitriles is 1. The third kappa shape index (κ3) is 3.25. The minimum Gasteiger partial charge on any atom is -0.382 e. The highest BCUT2D eigenvalue weighted by Crippen LogP contribution is 2.21. The Morgan fingerprint density at radius 3 is 2.81 bits per heavy atom. The topological polar surface area (TPSA) is 127 Å². The fourth-order valence-electron chi connectivity index (χ4n) is 1.69. The van der Waals surface area contributed by atoms with Gasteiger partial charge in [-0.15, -0.1) is 0 Å². The Labute approximate surface area is 122 Å². The minimum absolute atomic E-state index is 0.162. The van der Waals surface area contributed by atoms with Crippen molar-refractivity contribution in [2.75, 3.05) is 5.43 Å². The summed E-state index contributed by atoms with van der Waals surface area (Å²) in [7, 11) is 0. The van der Waals surface area contributed by atoms with Crippen LogP contribution in [-0.4, -0.2) is 21.5 Å². The quantitative estimate of drug-likeness (QED) is 0.388. The lowest BCUT2D eigenvalue weighted by atomic mass is 10.2. The number of nitrogens with one attached hydrogen (secondary N) is 3. The van der Waals surface area contributed by atoms with E-state index in [4.69, 9.17) is 16.4 Å². The van der Waals surface area contributed by atoms with Gasteiger partial charge in [-0.1, -0.05) is 12.1 Å². The van der Waals surface area contributed by atoms with Crippen LogP contribution in [0.1, 0.15) is 11.4 Å². The maximum atomic E-state index is 8.78. The average Bonchev–Trinajstić information content (AvgIpc) is 2.79. The lowest BCUT2D eigenvalue weighted by Gasteiger charge is -2.03. The predicted molar refractivity (Wildman–Crippen MR) is 82.1 cm³/mol. The van der Waals surface area contributed by atoms with Gasteiger partial charge in [-0.05, 0) is 26.0 Å². The Bertz CT molecular complexity index is 729. The van der Waals surface area contributed by atoms with Crippen molar-refractivity contribution in [3.05, 3.63) is 35.7 Å². The van der Waals surface area contributed by atoms with Gasteiger partial charge in [0, 0.05) is 11.3 Å². The second kappa shape index (κ2) is 5.88. The Kier molecular flexibility index (Phi) is 4.00. The van der Waals surface area contributed by atoms with Gasteiger partial charge >= 0.3 is 0 Å². The number of rotatable bonds is 4. The standard InChI is InChI=1S/C14H15N7/c1-8-9(2)19-14(18-8)10-4-3-5-11(6-10)20-21-12(7-15)13(16)17/h3-6,20H,1-2H3,(H3,16,17)(H,18,19)/b21-12+. The minimum atomic E-state index is -0.376.